The molecule has 1 radical (unpaired) electrons. The van der Waals surface area contributed by atoms with Crippen molar-refractivity contribution in [2.75, 3.05) is 6.26 Å². The molecule has 2 aromatic rings. The zero-order chi connectivity index (χ0) is 8.39. The normalized spacial score (nSPS) is 10.4. The second kappa shape index (κ2) is 3.20. The summed E-state index contributed by atoms with van der Waals surface area (Å²) in [5.74, 6) is 0. The number of thioether (sulfide) groups is 1. The smallest absolute Gasteiger partial charge is 0.0154 e. The minimum Gasteiger partial charge on any atom is -0.129 e. The van der Waals surface area contributed by atoms with Crippen molar-refractivity contribution in [3.63, 3.8) is 0 Å². The molecule has 0 fully saturated rings. The van der Waals surface area contributed by atoms with Crippen LogP contribution in [0.15, 0.2) is 41.3 Å². The Morgan fingerprint density at radius 3 is 2.67 bits per heavy atom. The van der Waals surface area contributed by atoms with Crippen molar-refractivity contribution in [1.82, 2.24) is 0 Å². The summed E-state index contributed by atoms with van der Waals surface area (Å²) in [5.41, 5.74) is 0. The van der Waals surface area contributed by atoms with Crippen molar-refractivity contribution in [1.29, 1.82) is 0 Å². The molecule has 0 aromatic heterocycles. The monoisotopic (exact) mass is 173 g/mol. The van der Waals surface area contributed by atoms with Gasteiger partial charge >= 0.3 is 0 Å². The van der Waals surface area contributed by atoms with Gasteiger partial charge in [-0.05, 0) is 35.2 Å². The van der Waals surface area contributed by atoms with Crippen LogP contribution in [0.4, 0.5) is 0 Å². The summed E-state index contributed by atoms with van der Waals surface area (Å²) in [6.07, 6.45) is 2.07. The Morgan fingerprint density at radius 2 is 1.92 bits per heavy atom. The average molecular weight is 173 g/mol. The first-order valence-corrected chi connectivity index (χ1v) is 5.07. The van der Waals surface area contributed by atoms with Gasteiger partial charge in [-0.1, -0.05) is 24.3 Å². The SMILES string of the molecule is CSc1[c]cc2ccccc2c1. The van der Waals surface area contributed by atoms with Gasteiger partial charge in [-0.25, -0.2) is 0 Å². The van der Waals surface area contributed by atoms with E-state index in [9.17, 15) is 0 Å². The van der Waals surface area contributed by atoms with Crippen molar-refractivity contribution in [2.45, 2.75) is 4.90 Å². The fraction of sp³-hybridized carbons (Fsp3) is 0.0909. The summed E-state index contributed by atoms with van der Waals surface area (Å²) in [7, 11) is 0. The fourth-order valence-electron chi connectivity index (χ4n) is 1.22. The number of hydrogen-bond acceptors (Lipinski definition) is 1. The van der Waals surface area contributed by atoms with Crippen LogP contribution < -0.4 is 0 Å². The van der Waals surface area contributed by atoms with Crippen LogP contribution in [0.2, 0.25) is 0 Å². The van der Waals surface area contributed by atoms with Gasteiger partial charge in [0.15, 0.2) is 0 Å². The molecular weight excluding hydrogens is 164 g/mol. The largest absolute Gasteiger partial charge is 0.129 e. The summed E-state index contributed by atoms with van der Waals surface area (Å²) < 4.78 is 0. The molecular formula is C11H9S. The van der Waals surface area contributed by atoms with E-state index in [1.54, 1.807) is 11.8 Å². The van der Waals surface area contributed by atoms with E-state index < -0.39 is 0 Å². The zero-order valence-electron chi connectivity index (χ0n) is 6.87. The van der Waals surface area contributed by atoms with Gasteiger partial charge in [0.2, 0.25) is 0 Å². The van der Waals surface area contributed by atoms with Crippen LogP contribution in [0.1, 0.15) is 0 Å². The fourth-order valence-corrected chi connectivity index (χ4v) is 1.65. The first-order valence-electron chi connectivity index (χ1n) is 3.84. The Hall–Kier alpha value is -0.950. The lowest BCUT2D eigenvalue weighted by atomic mass is 10.1. The molecule has 0 nitrogen and oxygen atoms in total. The lowest BCUT2D eigenvalue weighted by Gasteiger charge is -1.98. The van der Waals surface area contributed by atoms with Crippen LogP contribution in [0.5, 0.6) is 0 Å². The van der Waals surface area contributed by atoms with Crippen molar-refractivity contribution >= 4 is 22.5 Å². The maximum Gasteiger partial charge on any atom is 0.0154 e. The van der Waals surface area contributed by atoms with Gasteiger partial charge in [0.1, 0.15) is 0 Å². The highest BCUT2D eigenvalue weighted by atomic mass is 32.2. The minimum absolute atomic E-state index is 1.20. The second-order valence-electron chi connectivity index (χ2n) is 2.63. The van der Waals surface area contributed by atoms with Crippen LogP contribution >= 0.6 is 11.8 Å². The summed E-state index contributed by atoms with van der Waals surface area (Å²) in [6, 6.07) is 15.8. The molecule has 0 aliphatic carbocycles. The third-order valence-corrected chi connectivity index (χ3v) is 2.55. The molecule has 0 N–H and O–H groups in total. The molecule has 0 bridgehead atoms. The molecule has 12 heavy (non-hydrogen) atoms. The Morgan fingerprint density at radius 1 is 1.17 bits per heavy atom. The molecule has 0 saturated carbocycles. The third kappa shape index (κ3) is 1.32. The van der Waals surface area contributed by atoms with Gasteiger partial charge in [0.25, 0.3) is 0 Å². The average Bonchev–Trinajstić information content (AvgIpc) is 2.17. The van der Waals surface area contributed by atoms with Crippen LogP contribution in [-0.4, -0.2) is 6.26 Å². The van der Waals surface area contributed by atoms with Crippen molar-refractivity contribution in [3.8, 4) is 0 Å². The van der Waals surface area contributed by atoms with E-state index in [-0.39, 0.29) is 0 Å². The highest BCUT2D eigenvalue weighted by molar-refractivity contribution is 7.98. The Kier molecular flexibility index (Phi) is 2.05. The second-order valence-corrected chi connectivity index (χ2v) is 3.48. The molecule has 0 atom stereocenters. The molecule has 0 amide bonds. The van der Waals surface area contributed by atoms with E-state index in [4.69, 9.17) is 0 Å². The summed E-state index contributed by atoms with van der Waals surface area (Å²) in [6.45, 7) is 0. The summed E-state index contributed by atoms with van der Waals surface area (Å²) in [4.78, 5) is 1.20. The lowest BCUT2D eigenvalue weighted by Crippen LogP contribution is -1.73. The molecule has 0 saturated heterocycles. The summed E-state index contributed by atoms with van der Waals surface area (Å²) in [5, 5.41) is 2.55. The van der Waals surface area contributed by atoms with Gasteiger partial charge in [-0.2, -0.15) is 0 Å². The van der Waals surface area contributed by atoms with Crippen LogP contribution in [-0.2, 0) is 0 Å². The Balaban J connectivity index is 2.67. The number of hydrogen-bond donors (Lipinski definition) is 0. The molecule has 0 aliphatic heterocycles. The molecule has 2 rings (SSSR count). The highest BCUT2D eigenvalue weighted by Crippen LogP contribution is 2.20. The van der Waals surface area contributed by atoms with Gasteiger partial charge in [-0.15, -0.1) is 11.8 Å². The molecule has 2 aromatic carbocycles. The van der Waals surface area contributed by atoms with Gasteiger partial charge in [0, 0.05) is 4.90 Å². The molecule has 59 valence electrons. The van der Waals surface area contributed by atoms with E-state index in [1.807, 2.05) is 6.07 Å². The van der Waals surface area contributed by atoms with E-state index in [1.165, 1.54) is 15.7 Å². The molecule has 0 aliphatic rings. The van der Waals surface area contributed by atoms with Crippen LogP contribution in [0.3, 0.4) is 0 Å². The van der Waals surface area contributed by atoms with E-state index in [0.717, 1.165) is 0 Å². The first kappa shape index (κ1) is 7.69. The molecule has 0 unspecified atom stereocenters. The molecule has 0 spiro atoms. The predicted octanol–water partition coefficient (Wildman–Crippen LogP) is 3.36. The van der Waals surface area contributed by atoms with E-state index in [0.29, 0.717) is 0 Å². The molecule has 1 heteroatoms. The quantitative estimate of drug-likeness (QED) is 0.596. The van der Waals surface area contributed by atoms with Gasteiger partial charge in [0.05, 0.1) is 0 Å². The van der Waals surface area contributed by atoms with E-state index >= 15 is 0 Å². The van der Waals surface area contributed by atoms with Gasteiger partial charge < -0.3 is 0 Å². The van der Waals surface area contributed by atoms with Crippen LogP contribution in [0, 0.1) is 6.07 Å². The zero-order valence-corrected chi connectivity index (χ0v) is 7.69. The van der Waals surface area contributed by atoms with Crippen molar-refractivity contribution < 1.29 is 0 Å². The van der Waals surface area contributed by atoms with E-state index in [2.05, 4.69) is 42.7 Å². The number of rotatable bonds is 1. The number of benzene rings is 2. The van der Waals surface area contributed by atoms with Crippen LogP contribution in [0.25, 0.3) is 10.8 Å². The number of fused-ring (bicyclic) bond motifs is 1. The maximum absolute atomic E-state index is 3.22. The maximum atomic E-state index is 3.22. The Labute approximate surface area is 76.6 Å². The first-order chi connectivity index (χ1) is 5.90. The topological polar surface area (TPSA) is 0 Å². The van der Waals surface area contributed by atoms with Crippen molar-refractivity contribution in [2.24, 2.45) is 0 Å². The standard InChI is InChI=1S/C11H9S/c1-12-11-7-6-9-4-2-3-5-10(9)8-11/h2-6,8H,1H3. The Bertz CT molecular complexity index is 393. The predicted molar refractivity (Wildman–Crippen MR) is 54.6 cm³/mol. The minimum atomic E-state index is 1.20. The van der Waals surface area contributed by atoms with Gasteiger partial charge in [-0.3, -0.25) is 0 Å². The van der Waals surface area contributed by atoms with Crippen molar-refractivity contribution in [3.05, 3.63) is 42.5 Å². The lowest BCUT2D eigenvalue weighted by molar-refractivity contribution is 1.49. The molecule has 0 heterocycles. The summed E-state index contributed by atoms with van der Waals surface area (Å²) >= 11 is 1.73. The highest BCUT2D eigenvalue weighted by Gasteiger charge is 1.93. The third-order valence-electron chi connectivity index (χ3n) is 1.87.